The number of benzene rings is 10. The van der Waals surface area contributed by atoms with Gasteiger partial charge >= 0.3 is 0 Å². The number of para-hydroxylation sites is 2. The summed E-state index contributed by atoms with van der Waals surface area (Å²) in [6, 6.07) is 88.3. The first-order chi connectivity index (χ1) is 31.2. The molecule has 2 nitrogen and oxygen atoms in total. The van der Waals surface area contributed by atoms with E-state index < -0.39 is 0 Å². The molecule has 0 amide bonds. The second kappa shape index (κ2) is 15.5. The molecule has 3 heteroatoms. The third kappa shape index (κ3) is 6.50. The maximum absolute atomic E-state index is 2.43. The van der Waals surface area contributed by atoms with Gasteiger partial charge in [-0.2, -0.15) is 0 Å². The van der Waals surface area contributed by atoms with E-state index in [-0.39, 0.29) is 0 Å². The number of hydrogen-bond acceptors (Lipinski definition) is 2. The lowest BCUT2D eigenvalue weighted by molar-refractivity contribution is 1.19. The lowest BCUT2D eigenvalue weighted by Gasteiger charge is -2.27. The van der Waals surface area contributed by atoms with E-state index in [0.29, 0.717) is 0 Å². The molecule has 0 aliphatic heterocycles. The highest BCUT2D eigenvalue weighted by Crippen LogP contribution is 2.43. The van der Waals surface area contributed by atoms with Crippen molar-refractivity contribution in [2.24, 2.45) is 0 Å². The Morgan fingerprint density at radius 1 is 0.286 bits per heavy atom. The van der Waals surface area contributed by atoms with Crippen LogP contribution in [-0.4, -0.2) is 4.57 Å². The standard InChI is InChI=1S/C60H40N2S/c1-3-17-41(18-4-1)49-25-7-8-26-50(49)42-19-15-23-46(37-42)61(45-21-5-2-6-22-45)47-24-16-20-43(38-47)51-27-9-10-28-52(51)44-33-35-58-55(39-44)53-29-11-13-31-57(53)62(58)48-34-36-60-56(40-48)54-30-12-14-32-59(54)63-60/h1-40H. The number of nitrogens with zero attached hydrogens (tertiary/aromatic N) is 2. The molecule has 12 rings (SSSR count). The second-order valence-electron chi connectivity index (χ2n) is 16.1. The number of hydrogen-bond donors (Lipinski definition) is 0. The molecule has 296 valence electrons. The second-order valence-corrected chi connectivity index (χ2v) is 17.2. The molecule has 0 atom stereocenters. The van der Waals surface area contributed by atoms with Crippen LogP contribution >= 0.6 is 11.3 Å². The van der Waals surface area contributed by atoms with Crippen LogP contribution in [0.5, 0.6) is 0 Å². The van der Waals surface area contributed by atoms with Gasteiger partial charge < -0.3 is 9.47 Å². The predicted octanol–water partition coefficient (Wildman–Crippen LogP) is 17.3. The Morgan fingerprint density at radius 2 is 0.778 bits per heavy atom. The van der Waals surface area contributed by atoms with Gasteiger partial charge in [0.05, 0.1) is 11.0 Å². The minimum absolute atomic E-state index is 1.09. The lowest BCUT2D eigenvalue weighted by Crippen LogP contribution is -2.10. The Kier molecular flexibility index (Phi) is 9.06. The monoisotopic (exact) mass is 820 g/mol. The summed E-state index contributed by atoms with van der Waals surface area (Å²) in [4.78, 5) is 2.37. The molecule has 0 unspecified atom stereocenters. The van der Waals surface area contributed by atoms with E-state index in [0.717, 1.165) is 22.6 Å². The van der Waals surface area contributed by atoms with Gasteiger partial charge in [0.15, 0.2) is 0 Å². The highest BCUT2D eigenvalue weighted by Gasteiger charge is 2.19. The third-order valence-corrected chi connectivity index (χ3v) is 13.5. The molecule has 0 aliphatic carbocycles. The maximum atomic E-state index is 2.43. The van der Waals surface area contributed by atoms with E-state index in [1.807, 2.05) is 11.3 Å². The molecule has 2 heterocycles. The lowest BCUT2D eigenvalue weighted by atomic mass is 9.93. The Labute approximate surface area is 370 Å². The smallest absolute Gasteiger partial charge is 0.0541 e. The number of thiophene rings is 1. The SMILES string of the molecule is c1ccc(-c2ccccc2-c2cccc(N(c3ccccc3)c3cccc(-c4ccccc4-c4ccc5c(c4)c4ccccc4n5-c4ccc5sc6ccccc6c5c4)c3)c2)cc1. The van der Waals surface area contributed by atoms with Crippen LogP contribution in [0.2, 0.25) is 0 Å². The van der Waals surface area contributed by atoms with Crippen molar-refractivity contribution >= 4 is 70.4 Å². The van der Waals surface area contributed by atoms with E-state index >= 15 is 0 Å². The molecule has 0 fully saturated rings. The fourth-order valence-corrected chi connectivity index (χ4v) is 10.6. The summed E-state index contributed by atoms with van der Waals surface area (Å²) in [6.07, 6.45) is 0. The van der Waals surface area contributed by atoms with Crippen LogP contribution in [-0.2, 0) is 0 Å². The normalized spacial score (nSPS) is 11.5. The van der Waals surface area contributed by atoms with Gasteiger partial charge in [-0.05, 0) is 123 Å². The topological polar surface area (TPSA) is 8.17 Å². The molecule has 0 bridgehead atoms. The summed E-state index contributed by atoms with van der Waals surface area (Å²) in [5.41, 5.74) is 16.4. The van der Waals surface area contributed by atoms with E-state index in [9.17, 15) is 0 Å². The van der Waals surface area contributed by atoms with Crippen LogP contribution in [0.25, 0.3) is 92.2 Å². The Morgan fingerprint density at radius 3 is 1.46 bits per heavy atom. The molecular weight excluding hydrogens is 781 g/mol. The third-order valence-electron chi connectivity index (χ3n) is 12.4. The van der Waals surface area contributed by atoms with Gasteiger partial charge in [0.2, 0.25) is 0 Å². The van der Waals surface area contributed by atoms with E-state index in [2.05, 4.69) is 252 Å². The molecule has 63 heavy (non-hydrogen) atoms. The number of rotatable bonds is 8. The molecule has 10 aromatic carbocycles. The highest BCUT2D eigenvalue weighted by molar-refractivity contribution is 7.25. The fraction of sp³-hybridized carbons (Fsp3) is 0. The van der Waals surface area contributed by atoms with Gasteiger partial charge in [-0.3, -0.25) is 0 Å². The first-order valence-corrected chi connectivity index (χ1v) is 22.3. The molecule has 0 aliphatic rings. The van der Waals surface area contributed by atoms with Crippen LogP contribution in [0.4, 0.5) is 17.1 Å². The van der Waals surface area contributed by atoms with Crippen molar-refractivity contribution in [3.8, 4) is 50.2 Å². The summed E-state index contributed by atoms with van der Waals surface area (Å²) < 4.78 is 5.07. The van der Waals surface area contributed by atoms with Crippen molar-refractivity contribution in [3.05, 3.63) is 243 Å². The minimum Gasteiger partial charge on any atom is -0.310 e. The Bertz CT molecular complexity index is 3640. The summed E-state index contributed by atoms with van der Waals surface area (Å²) in [5, 5.41) is 5.11. The number of fused-ring (bicyclic) bond motifs is 6. The zero-order valence-corrected chi connectivity index (χ0v) is 35.2. The molecule has 12 aromatic rings. The van der Waals surface area contributed by atoms with Crippen LogP contribution in [0, 0.1) is 0 Å². The van der Waals surface area contributed by atoms with Crippen LogP contribution in [0.1, 0.15) is 0 Å². The quantitative estimate of drug-likeness (QED) is 0.148. The van der Waals surface area contributed by atoms with Crippen LogP contribution in [0.15, 0.2) is 243 Å². The number of anilines is 3. The van der Waals surface area contributed by atoms with Gasteiger partial charge in [-0.1, -0.05) is 164 Å². The van der Waals surface area contributed by atoms with E-state index in [1.165, 1.54) is 86.6 Å². The van der Waals surface area contributed by atoms with Crippen LogP contribution in [0.3, 0.4) is 0 Å². The van der Waals surface area contributed by atoms with Crippen LogP contribution < -0.4 is 4.90 Å². The molecule has 0 saturated carbocycles. The van der Waals surface area contributed by atoms with Crippen molar-refractivity contribution < 1.29 is 0 Å². The van der Waals surface area contributed by atoms with Crippen molar-refractivity contribution in [2.75, 3.05) is 4.90 Å². The molecule has 2 aromatic heterocycles. The van der Waals surface area contributed by atoms with Crippen molar-refractivity contribution in [3.63, 3.8) is 0 Å². The van der Waals surface area contributed by atoms with Gasteiger partial charge in [-0.15, -0.1) is 11.3 Å². The molecule has 0 spiro atoms. The first kappa shape index (κ1) is 36.8. The van der Waals surface area contributed by atoms with Gasteiger partial charge in [-0.25, -0.2) is 0 Å². The van der Waals surface area contributed by atoms with Gasteiger partial charge in [0.1, 0.15) is 0 Å². The van der Waals surface area contributed by atoms with Crippen molar-refractivity contribution in [2.45, 2.75) is 0 Å². The van der Waals surface area contributed by atoms with Gasteiger partial charge in [0.25, 0.3) is 0 Å². The number of aromatic nitrogens is 1. The fourth-order valence-electron chi connectivity index (χ4n) is 9.51. The highest BCUT2D eigenvalue weighted by atomic mass is 32.1. The average Bonchev–Trinajstić information content (AvgIpc) is 3.90. The summed E-state index contributed by atoms with van der Waals surface area (Å²) in [5.74, 6) is 0. The van der Waals surface area contributed by atoms with Crippen molar-refractivity contribution in [1.82, 2.24) is 4.57 Å². The molecule has 0 N–H and O–H groups in total. The van der Waals surface area contributed by atoms with Crippen molar-refractivity contribution in [1.29, 1.82) is 0 Å². The summed E-state index contributed by atoms with van der Waals surface area (Å²) >= 11 is 1.86. The maximum Gasteiger partial charge on any atom is 0.0541 e. The zero-order chi connectivity index (χ0) is 41.7. The summed E-state index contributed by atoms with van der Waals surface area (Å²) in [6.45, 7) is 0. The summed E-state index contributed by atoms with van der Waals surface area (Å²) in [7, 11) is 0. The molecule has 0 radical (unpaired) electrons. The average molecular weight is 821 g/mol. The largest absolute Gasteiger partial charge is 0.310 e. The van der Waals surface area contributed by atoms with E-state index in [1.54, 1.807) is 0 Å². The van der Waals surface area contributed by atoms with E-state index in [4.69, 9.17) is 0 Å². The predicted molar refractivity (Wildman–Crippen MR) is 270 cm³/mol. The molecule has 0 saturated heterocycles. The first-order valence-electron chi connectivity index (χ1n) is 21.5. The zero-order valence-electron chi connectivity index (χ0n) is 34.4. The Hall–Kier alpha value is -7.98. The Balaban J connectivity index is 0.960. The molecular formula is C60H40N2S. The minimum atomic E-state index is 1.09. The van der Waals surface area contributed by atoms with Gasteiger partial charge in [0, 0.05) is 53.7 Å².